The van der Waals surface area contributed by atoms with Crippen LogP contribution in [0, 0.1) is 0 Å². The second-order valence-corrected chi connectivity index (χ2v) is 5.88. The van der Waals surface area contributed by atoms with E-state index < -0.39 is 0 Å². The fourth-order valence-electron chi connectivity index (χ4n) is 2.19. The number of hydrogen-bond donors (Lipinski definition) is 1. The first-order valence-electron chi connectivity index (χ1n) is 6.86. The Morgan fingerprint density at radius 2 is 1.80 bits per heavy atom. The van der Waals surface area contributed by atoms with Gasteiger partial charge < -0.3 is 5.73 Å². The zero-order valence-electron chi connectivity index (χ0n) is 11.7. The number of anilines is 1. The predicted molar refractivity (Wildman–Crippen MR) is 86.0 cm³/mol. The van der Waals surface area contributed by atoms with Crippen molar-refractivity contribution in [3.8, 4) is 11.4 Å². The molecule has 1 aromatic carbocycles. The SMILES string of the molecule is CCc1ccc(-c2nc(N)c3cc(CC)sc3n2)cc1. The Morgan fingerprint density at radius 3 is 2.45 bits per heavy atom. The Bertz CT molecular complexity index is 744. The minimum Gasteiger partial charge on any atom is -0.383 e. The van der Waals surface area contributed by atoms with Crippen molar-refractivity contribution in [1.82, 2.24) is 9.97 Å². The van der Waals surface area contributed by atoms with Gasteiger partial charge in [-0.25, -0.2) is 9.97 Å². The van der Waals surface area contributed by atoms with Crippen LogP contribution in [-0.2, 0) is 12.8 Å². The van der Waals surface area contributed by atoms with Gasteiger partial charge in [-0.2, -0.15) is 0 Å². The summed E-state index contributed by atoms with van der Waals surface area (Å²) in [5.74, 6) is 1.28. The van der Waals surface area contributed by atoms with Crippen LogP contribution in [0.1, 0.15) is 24.3 Å². The molecule has 0 aliphatic carbocycles. The third-order valence-corrected chi connectivity index (χ3v) is 4.62. The van der Waals surface area contributed by atoms with Crippen LogP contribution in [-0.4, -0.2) is 9.97 Å². The molecule has 2 N–H and O–H groups in total. The maximum absolute atomic E-state index is 6.07. The summed E-state index contributed by atoms with van der Waals surface area (Å²) in [5, 5.41) is 0.973. The van der Waals surface area contributed by atoms with E-state index in [1.54, 1.807) is 11.3 Å². The quantitative estimate of drug-likeness (QED) is 0.788. The Kier molecular flexibility index (Phi) is 3.40. The Labute approximate surface area is 122 Å². The third-order valence-electron chi connectivity index (χ3n) is 3.44. The van der Waals surface area contributed by atoms with E-state index in [0.717, 1.165) is 28.6 Å². The molecule has 0 fully saturated rings. The number of thiophene rings is 1. The zero-order valence-corrected chi connectivity index (χ0v) is 12.5. The lowest BCUT2D eigenvalue weighted by Gasteiger charge is -2.03. The fourth-order valence-corrected chi connectivity index (χ4v) is 3.16. The molecule has 0 aliphatic rings. The summed E-state index contributed by atoms with van der Waals surface area (Å²) < 4.78 is 0. The van der Waals surface area contributed by atoms with Crippen molar-refractivity contribution in [3.05, 3.63) is 40.8 Å². The molecule has 4 heteroatoms. The lowest BCUT2D eigenvalue weighted by molar-refractivity contribution is 1.14. The summed E-state index contributed by atoms with van der Waals surface area (Å²) in [4.78, 5) is 11.4. The van der Waals surface area contributed by atoms with E-state index in [1.807, 2.05) is 0 Å². The molecule has 3 nitrogen and oxygen atoms in total. The minimum atomic E-state index is 0.570. The number of nitrogen functional groups attached to an aromatic ring is 1. The van der Waals surface area contributed by atoms with Crippen LogP contribution in [0.2, 0.25) is 0 Å². The molecule has 0 saturated heterocycles. The van der Waals surface area contributed by atoms with Crippen molar-refractivity contribution in [2.75, 3.05) is 5.73 Å². The second-order valence-electron chi connectivity index (χ2n) is 4.77. The van der Waals surface area contributed by atoms with E-state index in [2.05, 4.69) is 54.1 Å². The van der Waals surface area contributed by atoms with Gasteiger partial charge in [0.2, 0.25) is 0 Å². The Balaban J connectivity index is 2.10. The highest BCUT2D eigenvalue weighted by Crippen LogP contribution is 2.30. The lowest BCUT2D eigenvalue weighted by Crippen LogP contribution is -1.96. The fraction of sp³-hybridized carbons (Fsp3) is 0.250. The van der Waals surface area contributed by atoms with E-state index in [4.69, 9.17) is 5.73 Å². The molecule has 0 bridgehead atoms. The molecule has 3 rings (SSSR count). The second kappa shape index (κ2) is 5.21. The monoisotopic (exact) mass is 283 g/mol. The predicted octanol–water partition coefficient (Wildman–Crippen LogP) is 4.07. The first-order valence-corrected chi connectivity index (χ1v) is 7.68. The van der Waals surface area contributed by atoms with Crippen LogP contribution in [0.25, 0.3) is 21.6 Å². The van der Waals surface area contributed by atoms with Crippen molar-refractivity contribution >= 4 is 27.4 Å². The van der Waals surface area contributed by atoms with E-state index in [0.29, 0.717) is 11.6 Å². The van der Waals surface area contributed by atoms with Gasteiger partial charge >= 0.3 is 0 Å². The summed E-state index contributed by atoms with van der Waals surface area (Å²) in [7, 11) is 0. The number of nitrogens with two attached hydrogens (primary N) is 1. The van der Waals surface area contributed by atoms with Crippen LogP contribution in [0.4, 0.5) is 5.82 Å². The van der Waals surface area contributed by atoms with Gasteiger partial charge in [-0.1, -0.05) is 38.1 Å². The molecule has 102 valence electrons. The van der Waals surface area contributed by atoms with Gasteiger partial charge in [0.25, 0.3) is 0 Å². The van der Waals surface area contributed by atoms with E-state index >= 15 is 0 Å². The molecule has 0 aliphatic heterocycles. The molecule has 0 saturated carbocycles. The van der Waals surface area contributed by atoms with Crippen molar-refractivity contribution in [3.63, 3.8) is 0 Å². The Hall–Kier alpha value is -1.94. The normalized spacial score (nSPS) is 11.1. The molecule has 0 amide bonds. The molecule has 0 unspecified atom stereocenters. The van der Waals surface area contributed by atoms with Crippen molar-refractivity contribution in [2.24, 2.45) is 0 Å². The van der Waals surface area contributed by atoms with Crippen LogP contribution in [0.15, 0.2) is 30.3 Å². The number of hydrogen-bond acceptors (Lipinski definition) is 4. The van der Waals surface area contributed by atoms with Gasteiger partial charge in [-0.3, -0.25) is 0 Å². The van der Waals surface area contributed by atoms with Gasteiger partial charge in [-0.05, 0) is 24.5 Å². The van der Waals surface area contributed by atoms with Gasteiger partial charge in [0.1, 0.15) is 10.6 Å². The molecule has 0 atom stereocenters. The van der Waals surface area contributed by atoms with Crippen molar-refractivity contribution in [2.45, 2.75) is 26.7 Å². The Morgan fingerprint density at radius 1 is 1.05 bits per heavy atom. The van der Waals surface area contributed by atoms with Gasteiger partial charge in [0.05, 0.1) is 5.39 Å². The summed E-state index contributed by atoms with van der Waals surface area (Å²) in [6.45, 7) is 4.28. The number of benzene rings is 1. The highest BCUT2D eigenvalue weighted by molar-refractivity contribution is 7.18. The number of aromatic nitrogens is 2. The van der Waals surface area contributed by atoms with E-state index in [9.17, 15) is 0 Å². The summed E-state index contributed by atoms with van der Waals surface area (Å²) in [6.07, 6.45) is 2.04. The molecule has 0 spiro atoms. The minimum absolute atomic E-state index is 0.570. The van der Waals surface area contributed by atoms with Gasteiger partial charge in [0, 0.05) is 10.4 Å². The summed E-state index contributed by atoms with van der Waals surface area (Å²) in [6, 6.07) is 10.5. The largest absolute Gasteiger partial charge is 0.383 e. The standard InChI is InChI=1S/C16H17N3S/c1-3-10-5-7-11(8-6-10)15-18-14(17)13-9-12(4-2)20-16(13)19-15/h5-9H,3-4H2,1-2H3,(H2,17,18,19). The first-order chi connectivity index (χ1) is 9.71. The molecule has 2 aromatic heterocycles. The molecular weight excluding hydrogens is 266 g/mol. The smallest absolute Gasteiger partial charge is 0.163 e. The number of aryl methyl sites for hydroxylation is 2. The van der Waals surface area contributed by atoms with E-state index in [1.165, 1.54) is 10.4 Å². The van der Waals surface area contributed by atoms with Crippen molar-refractivity contribution in [1.29, 1.82) is 0 Å². The summed E-state index contributed by atoms with van der Waals surface area (Å²) in [5.41, 5.74) is 8.40. The average molecular weight is 283 g/mol. The topological polar surface area (TPSA) is 51.8 Å². The van der Waals surface area contributed by atoms with E-state index in [-0.39, 0.29) is 0 Å². The van der Waals surface area contributed by atoms with Crippen molar-refractivity contribution < 1.29 is 0 Å². The van der Waals surface area contributed by atoms with Crippen LogP contribution in [0.3, 0.4) is 0 Å². The number of nitrogens with zero attached hydrogens (tertiary/aromatic N) is 2. The molecule has 2 heterocycles. The van der Waals surface area contributed by atoms with Crippen LogP contribution < -0.4 is 5.73 Å². The molecular formula is C16H17N3S. The molecule has 20 heavy (non-hydrogen) atoms. The first kappa shape index (κ1) is 13.1. The maximum atomic E-state index is 6.07. The third kappa shape index (κ3) is 2.27. The highest BCUT2D eigenvalue weighted by atomic mass is 32.1. The van der Waals surface area contributed by atoms with Gasteiger partial charge in [-0.15, -0.1) is 11.3 Å². The molecule has 3 aromatic rings. The molecule has 0 radical (unpaired) electrons. The van der Waals surface area contributed by atoms with Gasteiger partial charge in [0.15, 0.2) is 5.82 Å². The number of fused-ring (bicyclic) bond motifs is 1. The highest BCUT2D eigenvalue weighted by Gasteiger charge is 2.10. The number of rotatable bonds is 3. The maximum Gasteiger partial charge on any atom is 0.163 e. The average Bonchev–Trinajstić information content (AvgIpc) is 2.91. The van der Waals surface area contributed by atoms with Crippen LogP contribution in [0.5, 0.6) is 0 Å². The van der Waals surface area contributed by atoms with Crippen LogP contribution >= 0.6 is 11.3 Å². The zero-order chi connectivity index (χ0) is 14.1. The summed E-state index contributed by atoms with van der Waals surface area (Å²) >= 11 is 1.70. The lowest BCUT2D eigenvalue weighted by atomic mass is 10.1.